The molecule has 0 unspecified atom stereocenters. The van der Waals surface area contributed by atoms with Crippen molar-refractivity contribution in [3.63, 3.8) is 0 Å². The Bertz CT molecular complexity index is 1200. The van der Waals surface area contributed by atoms with Gasteiger partial charge in [-0.1, -0.05) is 48.9 Å². The molecule has 1 aliphatic rings. The molecule has 0 spiro atoms. The number of rotatable bonds is 7. The molecular weight excluding hydrogens is 473 g/mol. The number of hydrogen-bond acceptors (Lipinski definition) is 4. The van der Waals surface area contributed by atoms with E-state index in [2.05, 4.69) is 4.74 Å². The lowest BCUT2D eigenvalue weighted by Crippen LogP contribution is -2.45. The van der Waals surface area contributed by atoms with Crippen LogP contribution in [-0.2, 0) is 28.1 Å². The first kappa shape index (κ1) is 24.0. The molecular formula is C23H25F3N2O3S2. The van der Waals surface area contributed by atoms with Gasteiger partial charge in [0.2, 0.25) is 0 Å². The van der Waals surface area contributed by atoms with Crippen LogP contribution in [0.15, 0.2) is 48.5 Å². The molecule has 0 atom stereocenters. The van der Waals surface area contributed by atoms with Crippen LogP contribution in [0.25, 0.3) is 10.1 Å². The van der Waals surface area contributed by atoms with Crippen LogP contribution in [0.3, 0.4) is 0 Å². The van der Waals surface area contributed by atoms with Crippen molar-refractivity contribution in [1.29, 1.82) is 0 Å². The molecule has 10 heteroatoms. The molecule has 0 N–H and O–H groups in total. The summed E-state index contributed by atoms with van der Waals surface area (Å²) in [4.78, 5) is 0. The average molecular weight is 499 g/mol. The lowest BCUT2D eigenvalue weighted by molar-refractivity contribution is -0.330. The van der Waals surface area contributed by atoms with Gasteiger partial charge in [0.05, 0.1) is 13.2 Å². The zero-order chi connectivity index (χ0) is 23.6. The third kappa shape index (κ3) is 5.51. The van der Waals surface area contributed by atoms with Gasteiger partial charge in [-0.15, -0.1) is 24.5 Å². The van der Waals surface area contributed by atoms with E-state index in [1.54, 1.807) is 12.1 Å². The van der Waals surface area contributed by atoms with Gasteiger partial charge in [0, 0.05) is 17.8 Å². The maximum Gasteiger partial charge on any atom is 0.522 e. The van der Waals surface area contributed by atoms with E-state index in [0.717, 1.165) is 34.9 Å². The second kappa shape index (κ2) is 9.61. The van der Waals surface area contributed by atoms with Crippen molar-refractivity contribution in [1.82, 2.24) is 4.31 Å². The fourth-order valence-corrected chi connectivity index (χ4v) is 7.13. The van der Waals surface area contributed by atoms with E-state index in [1.165, 1.54) is 32.1 Å². The van der Waals surface area contributed by atoms with E-state index in [1.807, 2.05) is 31.2 Å². The summed E-state index contributed by atoms with van der Waals surface area (Å²) in [5.41, 5.74) is 1.94. The number of ether oxygens (including phenoxy) is 1. The molecule has 5 nitrogen and oxygen atoms in total. The Kier molecular flexibility index (Phi) is 6.99. The smallest absolute Gasteiger partial charge is 0.287 e. The molecule has 0 saturated carbocycles. The molecule has 1 fully saturated rings. The quantitative estimate of drug-likeness (QED) is 0.403. The molecule has 1 aromatic heterocycles. The van der Waals surface area contributed by atoms with Gasteiger partial charge in [-0.25, -0.2) is 4.31 Å². The van der Waals surface area contributed by atoms with Crippen LogP contribution in [0, 0.1) is 6.92 Å². The first-order valence-electron chi connectivity index (χ1n) is 10.7. The third-order valence-electron chi connectivity index (χ3n) is 5.72. The van der Waals surface area contributed by atoms with E-state index in [9.17, 15) is 21.6 Å². The van der Waals surface area contributed by atoms with Gasteiger partial charge < -0.3 is 0 Å². The highest BCUT2D eigenvalue weighted by Gasteiger charge is 2.33. The van der Waals surface area contributed by atoms with Crippen LogP contribution in [0.5, 0.6) is 0 Å². The number of halogens is 3. The molecule has 2 aromatic carbocycles. The van der Waals surface area contributed by atoms with Crippen molar-refractivity contribution in [2.45, 2.75) is 45.7 Å². The number of alkyl halides is 3. The number of anilines is 1. The summed E-state index contributed by atoms with van der Waals surface area (Å²) in [5.74, 6) is 0. The minimum atomic E-state index is -4.70. The number of nitrogens with zero attached hydrogens (tertiary/aromatic N) is 2. The van der Waals surface area contributed by atoms with Gasteiger partial charge in [-0.05, 0) is 47.9 Å². The second-order valence-corrected chi connectivity index (χ2v) is 10.9. The van der Waals surface area contributed by atoms with Crippen molar-refractivity contribution in [2.75, 3.05) is 17.4 Å². The second-order valence-electron chi connectivity index (χ2n) is 8.05. The summed E-state index contributed by atoms with van der Waals surface area (Å²) in [7, 11) is -3.78. The number of benzene rings is 2. The number of fused-ring (bicyclic) bond motifs is 1. The van der Waals surface area contributed by atoms with Crippen LogP contribution >= 0.6 is 11.3 Å². The Morgan fingerprint density at radius 2 is 1.64 bits per heavy atom. The minimum Gasteiger partial charge on any atom is -0.287 e. The summed E-state index contributed by atoms with van der Waals surface area (Å²) in [5, 5.41) is 1.67. The van der Waals surface area contributed by atoms with Gasteiger partial charge in [-0.3, -0.25) is 4.74 Å². The van der Waals surface area contributed by atoms with Gasteiger partial charge in [0.1, 0.15) is 5.00 Å². The van der Waals surface area contributed by atoms with E-state index in [-0.39, 0.29) is 6.54 Å². The fourth-order valence-electron chi connectivity index (χ4n) is 3.96. The maximum atomic E-state index is 13.7. The van der Waals surface area contributed by atoms with Crippen molar-refractivity contribution in [2.24, 2.45) is 0 Å². The van der Waals surface area contributed by atoms with E-state index < -0.39 is 23.2 Å². The molecule has 1 saturated heterocycles. The standard InChI is InChI=1S/C23H25F3N2O3S2/c1-17-20-7-3-4-8-21(20)32-22(17)28(33(29,30)27-13-5-2-6-14-27)15-18-9-11-19(12-10-18)16-31-23(24,25)26/h3-4,7-12H,2,5-6,13-16H2,1H3. The molecule has 2 heterocycles. The highest BCUT2D eigenvalue weighted by molar-refractivity contribution is 7.90. The van der Waals surface area contributed by atoms with Crippen molar-refractivity contribution >= 4 is 36.6 Å². The lowest BCUT2D eigenvalue weighted by atomic mass is 10.1. The fraction of sp³-hybridized carbons (Fsp3) is 0.391. The molecule has 0 bridgehead atoms. The van der Waals surface area contributed by atoms with E-state index >= 15 is 0 Å². The van der Waals surface area contributed by atoms with Crippen LogP contribution in [0.1, 0.15) is 36.0 Å². The summed E-state index contributed by atoms with van der Waals surface area (Å²) in [6, 6.07) is 14.2. The molecule has 3 aromatic rings. The van der Waals surface area contributed by atoms with E-state index in [0.29, 0.717) is 29.2 Å². The molecule has 1 aliphatic heterocycles. The molecule has 0 amide bonds. The van der Waals surface area contributed by atoms with Gasteiger partial charge in [0.15, 0.2) is 0 Å². The average Bonchev–Trinajstić information content (AvgIpc) is 3.13. The van der Waals surface area contributed by atoms with Crippen LogP contribution in [0.4, 0.5) is 18.2 Å². The normalized spacial score (nSPS) is 15.8. The zero-order valence-corrected chi connectivity index (χ0v) is 19.8. The van der Waals surface area contributed by atoms with Gasteiger partial charge in [-0.2, -0.15) is 12.7 Å². The summed E-state index contributed by atoms with van der Waals surface area (Å²) in [6.07, 6.45) is -2.04. The Hall–Kier alpha value is -2.14. The Morgan fingerprint density at radius 3 is 2.27 bits per heavy atom. The number of aryl methyl sites for hydroxylation is 1. The Morgan fingerprint density at radius 1 is 1.00 bits per heavy atom. The third-order valence-corrected chi connectivity index (χ3v) is 9.01. The maximum absolute atomic E-state index is 13.7. The predicted octanol–water partition coefficient (Wildman–Crippen LogP) is 5.98. The van der Waals surface area contributed by atoms with Gasteiger partial charge >= 0.3 is 16.6 Å². The highest BCUT2D eigenvalue weighted by atomic mass is 32.2. The first-order valence-corrected chi connectivity index (χ1v) is 12.9. The number of thiophene rings is 1. The van der Waals surface area contributed by atoms with Crippen LogP contribution in [-0.4, -0.2) is 32.2 Å². The Labute approximate surface area is 195 Å². The number of piperidine rings is 1. The monoisotopic (exact) mass is 498 g/mol. The summed E-state index contributed by atoms with van der Waals surface area (Å²) < 4.78 is 72.2. The van der Waals surface area contributed by atoms with Crippen LogP contribution in [0.2, 0.25) is 0 Å². The number of hydrogen-bond donors (Lipinski definition) is 0. The SMILES string of the molecule is Cc1c(N(Cc2ccc(COC(F)(F)F)cc2)S(=O)(=O)N2CCCCC2)sc2ccccc12. The van der Waals surface area contributed by atoms with Crippen molar-refractivity contribution in [3.8, 4) is 0 Å². The molecule has 178 valence electrons. The topological polar surface area (TPSA) is 49.9 Å². The van der Waals surface area contributed by atoms with E-state index in [4.69, 9.17) is 0 Å². The summed E-state index contributed by atoms with van der Waals surface area (Å²) >= 11 is 1.43. The zero-order valence-electron chi connectivity index (χ0n) is 18.1. The first-order chi connectivity index (χ1) is 15.6. The highest BCUT2D eigenvalue weighted by Crippen LogP contribution is 2.40. The molecule has 0 aliphatic carbocycles. The van der Waals surface area contributed by atoms with Crippen molar-refractivity contribution in [3.05, 3.63) is 65.2 Å². The summed E-state index contributed by atoms with van der Waals surface area (Å²) in [6.45, 7) is 2.39. The van der Waals surface area contributed by atoms with Crippen molar-refractivity contribution < 1.29 is 26.3 Å². The molecule has 33 heavy (non-hydrogen) atoms. The largest absolute Gasteiger partial charge is 0.522 e. The van der Waals surface area contributed by atoms with Crippen LogP contribution < -0.4 is 4.31 Å². The molecule has 0 radical (unpaired) electrons. The predicted molar refractivity (Wildman–Crippen MR) is 124 cm³/mol. The van der Waals surface area contributed by atoms with Gasteiger partial charge in [0.25, 0.3) is 0 Å². The lowest BCUT2D eigenvalue weighted by Gasteiger charge is -2.33. The Balaban J connectivity index is 1.66. The minimum absolute atomic E-state index is 0.0902. The molecule has 4 rings (SSSR count).